The zero-order chi connectivity index (χ0) is 18.0. The number of benzene rings is 1. The lowest BCUT2D eigenvalue weighted by Gasteiger charge is -2.17. The molecule has 1 atom stereocenters. The van der Waals surface area contributed by atoms with Gasteiger partial charge in [-0.25, -0.2) is 23.5 Å². The van der Waals surface area contributed by atoms with Crippen molar-refractivity contribution in [2.45, 2.75) is 13.3 Å². The van der Waals surface area contributed by atoms with Crippen LogP contribution in [0.1, 0.15) is 22.5 Å². The third-order valence-corrected chi connectivity index (χ3v) is 5.22. The first kappa shape index (κ1) is 17.5. The van der Waals surface area contributed by atoms with Crippen molar-refractivity contribution < 1.29 is 13.2 Å². The number of nitrogens with zero attached hydrogens (tertiary/aromatic N) is 3. The minimum atomic E-state index is -3.53. The SMILES string of the molecule is Cc1nc(-c2ccccc2)ncc1C(=O)N1CC[C@H](CS(N)(=O)=O)C1. The molecule has 1 saturated heterocycles. The van der Waals surface area contributed by atoms with Gasteiger partial charge >= 0.3 is 0 Å². The van der Waals surface area contributed by atoms with Gasteiger partial charge in [-0.3, -0.25) is 4.79 Å². The molecule has 0 radical (unpaired) electrons. The number of amides is 1. The van der Waals surface area contributed by atoms with Gasteiger partial charge in [-0.2, -0.15) is 0 Å². The molecule has 2 aromatic rings. The number of primary sulfonamides is 1. The normalized spacial score (nSPS) is 17.7. The van der Waals surface area contributed by atoms with Crippen LogP contribution in [0.2, 0.25) is 0 Å². The number of aromatic nitrogens is 2. The summed E-state index contributed by atoms with van der Waals surface area (Å²) in [6.45, 7) is 2.67. The Hall–Kier alpha value is -2.32. The monoisotopic (exact) mass is 360 g/mol. The van der Waals surface area contributed by atoms with E-state index in [4.69, 9.17) is 5.14 Å². The van der Waals surface area contributed by atoms with Gasteiger partial charge in [0.25, 0.3) is 5.91 Å². The molecule has 0 unspecified atom stereocenters. The number of rotatable bonds is 4. The van der Waals surface area contributed by atoms with E-state index in [1.54, 1.807) is 18.0 Å². The lowest BCUT2D eigenvalue weighted by atomic mass is 10.1. The van der Waals surface area contributed by atoms with E-state index in [0.717, 1.165) is 5.56 Å². The van der Waals surface area contributed by atoms with Crippen molar-refractivity contribution >= 4 is 15.9 Å². The number of likely N-dealkylation sites (tertiary alicyclic amines) is 1. The molecule has 8 heteroatoms. The predicted molar refractivity (Wildman–Crippen MR) is 94.2 cm³/mol. The van der Waals surface area contributed by atoms with Gasteiger partial charge < -0.3 is 4.90 Å². The fraction of sp³-hybridized carbons (Fsp3) is 0.353. The average molecular weight is 360 g/mol. The van der Waals surface area contributed by atoms with Gasteiger partial charge in [-0.1, -0.05) is 30.3 Å². The number of hydrogen-bond acceptors (Lipinski definition) is 5. The maximum absolute atomic E-state index is 12.7. The summed E-state index contributed by atoms with van der Waals surface area (Å²) in [5.41, 5.74) is 1.93. The second-order valence-electron chi connectivity index (χ2n) is 6.29. The van der Waals surface area contributed by atoms with Crippen molar-refractivity contribution in [3.05, 3.63) is 47.8 Å². The van der Waals surface area contributed by atoms with E-state index in [1.165, 1.54) is 0 Å². The highest BCUT2D eigenvalue weighted by atomic mass is 32.2. The molecular formula is C17H20N4O3S. The Morgan fingerprint density at radius 1 is 1.32 bits per heavy atom. The van der Waals surface area contributed by atoms with Crippen LogP contribution in [0.15, 0.2) is 36.5 Å². The van der Waals surface area contributed by atoms with E-state index in [2.05, 4.69) is 9.97 Å². The molecule has 0 aliphatic carbocycles. The van der Waals surface area contributed by atoms with Gasteiger partial charge in [-0.05, 0) is 19.3 Å². The number of nitrogens with two attached hydrogens (primary N) is 1. The Bertz CT molecular complexity index is 884. The molecule has 7 nitrogen and oxygen atoms in total. The third-order valence-electron chi connectivity index (χ3n) is 4.28. The first-order chi connectivity index (χ1) is 11.8. The summed E-state index contributed by atoms with van der Waals surface area (Å²) in [4.78, 5) is 23.1. The largest absolute Gasteiger partial charge is 0.338 e. The van der Waals surface area contributed by atoms with Gasteiger partial charge in [0.1, 0.15) is 0 Å². The summed E-state index contributed by atoms with van der Waals surface area (Å²) in [7, 11) is -3.53. The maximum Gasteiger partial charge on any atom is 0.257 e. The van der Waals surface area contributed by atoms with Crippen molar-refractivity contribution in [3.8, 4) is 11.4 Å². The second-order valence-corrected chi connectivity index (χ2v) is 7.95. The van der Waals surface area contributed by atoms with Crippen LogP contribution < -0.4 is 5.14 Å². The molecule has 1 fully saturated rings. The standard InChI is InChI=1S/C17H20N4O3S/c1-12-15(9-19-16(20-12)14-5-3-2-4-6-14)17(22)21-8-7-13(10-21)11-25(18,23)24/h2-6,9,13H,7-8,10-11H2,1H3,(H2,18,23,24)/t13-/m0/s1. The highest BCUT2D eigenvalue weighted by molar-refractivity contribution is 7.89. The van der Waals surface area contributed by atoms with E-state index < -0.39 is 10.0 Å². The first-order valence-electron chi connectivity index (χ1n) is 8.02. The molecule has 25 heavy (non-hydrogen) atoms. The minimum absolute atomic E-state index is 0.0980. The molecular weight excluding hydrogens is 340 g/mol. The zero-order valence-electron chi connectivity index (χ0n) is 13.9. The van der Waals surface area contributed by atoms with Crippen LogP contribution in [-0.2, 0) is 10.0 Å². The van der Waals surface area contributed by atoms with E-state index in [1.807, 2.05) is 30.3 Å². The molecule has 3 rings (SSSR count). The van der Waals surface area contributed by atoms with Crippen molar-refractivity contribution in [3.63, 3.8) is 0 Å². The van der Waals surface area contributed by atoms with Crippen molar-refractivity contribution in [2.24, 2.45) is 11.1 Å². The van der Waals surface area contributed by atoms with Crippen LogP contribution in [-0.4, -0.2) is 48.0 Å². The Morgan fingerprint density at radius 3 is 2.68 bits per heavy atom. The van der Waals surface area contributed by atoms with E-state index in [0.29, 0.717) is 36.6 Å². The van der Waals surface area contributed by atoms with Crippen molar-refractivity contribution in [2.75, 3.05) is 18.8 Å². The molecule has 0 bridgehead atoms. The Balaban J connectivity index is 1.75. The number of aryl methyl sites for hydroxylation is 1. The second kappa shape index (κ2) is 6.89. The number of carbonyl (C=O) groups excluding carboxylic acids is 1. The molecule has 1 aromatic heterocycles. The molecule has 0 saturated carbocycles. The number of hydrogen-bond donors (Lipinski definition) is 1. The van der Waals surface area contributed by atoms with Crippen LogP contribution in [0.5, 0.6) is 0 Å². The highest BCUT2D eigenvalue weighted by Gasteiger charge is 2.30. The van der Waals surface area contributed by atoms with Crippen molar-refractivity contribution in [1.29, 1.82) is 0 Å². The molecule has 1 aliphatic heterocycles. The molecule has 2 heterocycles. The van der Waals surface area contributed by atoms with Gasteiger partial charge in [0.2, 0.25) is 10.0 Å². The maximum atomic E-state index is 12.7. The molecule has 2 N–H and O–H groups in total. The first-order valence-corrected chi connectivity index (χ1v) is 9.74. The lowest BCUT2D eigenvalue weighted by Crippen LogP contribution is -2.31. The van der Waals surface area contributed by atoms with Gasteiger partial charge in [0.15, 0.2) is 5.82 Å². The summed E-state index contributed by atoms with van der Waals surface area (Å²) in [6, 6.07) is 9.55. The summed E-state index contributed by atoms with van der Waals surface area (Å²) < 4.78 is 22.4. The summed E-state index contributed by atoms with van der Waals surface area (Å²) in [6.07, 6.45) is 2.17. The Morgan fingerprint density at radius 2 is 2.04 bits per heavy atom. The Kier molecular flexibility index (Phi) is 4.82. The third kappa shape index (κ3) is 4.21. The van der Waals surface area contributed by atoms with E-state index in [9.17, 15) is 13.2 Å². The van der Waals surface area contributed by atoms with Crippen LogP contribution in [0.3, 0.4) is 0 Å². The molecule has 0 spiro atoms. The summed E-state index contributed by atoms with van der Waals surface area (Å²) in [5.74, 6) is 0.181. The van der Waals surface area contributed by atoms with Gasteiger partial charge in [-0.15, -0.1) is 0 Å². The Labute approximate surface area is 146 Å². The number of sulfonamides is 1. The highest BCUT2D eigenvalue weighted by Crippen LogP contribution is 2.21. The lowest BCUT2D eigenvalue weighted by molar-refractivity contribution is 0.0786. The van der Waals surface area contributed by atoms with Crippen LogP contribution in [0.25, 0.3) is 11.4 Å². The van der Waals surface area contributed by atoms with Crippen LogP contribution in [0.4, 0.5) is 0 Å². The smallest absolute Gasteiger partial charge is 0.257 e. The topological polar surface area (TPSA) is 106 Å². The average Bonchev–Trinajstić information content (AvgIpc) is 3.01. The summed E-state index contributed by atoms with van der Waals surface area (Å²) >= 11 is 0. The van der Waals surface area contributed by atoms with Crippen molar-refractivity contribution in [1.82, 2.24) is 14.9 Å². The van der Waals surface area contributed by atoms with E-state index >= 15 is 0 Å². The molecule has 1 aromatic carbocycles. The van der Waals surface area contributed by atoms with Crippen LogP contribution >= 0.6 is 0 Å². The fourth-order valence-electron chi connectivity index (χ4n) is 3.06. The molecule has 132 valence electrons. The van der Waals surface area contributed by atoms with Gasteiger partial charge in [0, 0.05) is 24.8 Å². The minimum Gasteiger partial charge on any atom is -0.338 e. The summed E-state index contributed by atoms with van der Waals surface area (Å²) in [5, 5.41) is 5.09. The zero-order valence-corrected chi connectivity index (χ0v) is 14.7. The number of carbonyl (C=O) groups is 1. The molecule has 1 amide bonds. The fourth-order valence-corrected chi connectivity index (χ4v) is 3.98. The van der Waals surface area contributed by atoms with Gasteiger partial charge in [0.05, 0.1) is 17.0 Å². The molecule has 1 aliphatic rings. The predicted octanol–water partition coefficient (Wildman–Crippen LogP) is 1.20. The quantitative estimate of drug-likeness (QED) is 0.882. The van der Waals surface area contributed by atoms with Crippen LogP contribution in [0, 0.1) is 12.8 Å². The van der Waals surface area contributed by atoms with E-state index in [-0.39, 0.29) is 17.6 Å².